The number of nitrogens with zero attached hydrogens (tertiary/aromatic N) is 2. The van der Waals surface area contributed by atoms with Crippen molar-refractivity contribution in [3.63, 3.8) is 0 Å². The van der Waals surface area contributed by atoms with E-state index >= 15 is 0 Å². The molecule has 28 heavy (non-hydrogen) atoms. The van der Waals surface area contributed by atoms with Gasteiger partial charge in [0.15, 0.2) is 11.5 Å². The summed E-state index contributed by atoms with van der Waals surface area (Å²) in [5.74, 6) is 0.501. The first kappa shape index (κ1) is 18.1. The van der Waals surface area contributed by atoms with E-state index in [4.69, 9.17) is 4.42 Å². The van der Waals surface area contributed by atoms with E-state index in [9.17, 15) is 9.59 Å². The number of hydrogen-bond acceptors (Lipinski definition) is 5. The molecule has 0 saturated heterocycles. The molecule has 1 atom stereocenters. The zero-order valence-electron chi connectivity index (χ0n) is 15.8. The number of rotatable bonds is 4. The predicted molar refractivity (Wildman–Crippen MR) is 105 cm³/mol. The smallest absolute Gasteiger partial charge is 0.293 e. The molecule has 2 heterocycles. The molecule has 2 aromatic heterocycles. The molecule has 0 radical (unpaired) electrons. The van der Waals surface area contributed by atoms with Crippen LogP contribution in [0.2, 0.25) is 0 Å². The van der Waals surface area contributed by atoms with E-state index in [2.05, 4.69) is 53.4 Å². The number of aromatic nitrogens is 2. The maximum atomic E-state index is 12.6. The van der Waals surface area contributed by atoms with Crippen molar-refractivity contribution in [2.24, 2.45) is 0 Å². The largest absolute Gasteiger partial charge is 0.459 e. The lowest BCUT2D eigenvalue weighted by Gasteiger charge is -2.23. The summed E-state index contributed by atoms with van der Waals surface area (Å²) in [7, 11) is 0. The lowest BCUT2D eigenvalue weighted by Crippen LogP contribution is -2.22. The number of benzene rings is 1. The highest BCUT2D eigenvalue weighted by Crippen LogP contribution is 2.32. The lowest BCUT2D eigenvalue weighted by atomic mass is 9.81. The van der Waals surface area contributed by atoms with Gasteiger partial charge < -0.3 is 4.42 Å². The number of nitrogens with one attached hydrogen (secondary N) is 1. The summed E-state index contributed by atoms with van der Waals surface area (Å²) < 4.78 is 5.08. The summed E-state index contributed by atoms with van der Waals surface area (Å²) in [4.78, 5) is 33.3. The minimum absolute atomic E-state index is 0.0306. The first-order valence-corrected chi connectivity index (χ1v) is 9.35. The molecule has 0 unspecified atom stereocenters. The molecule has 1 amide bonds. The predicted octanol–water partition coefficient (Wildman–Crippen LogP) is 4.36. The van der Waals surface area contributed by atoms with Gasteiger partial charge in [0.05, 0.1) is 17.5 Å². The summed E-state index contributed by atoms with van der Waals surface area (Å²) in [5.41, 5.74) is 3.60. The zero-order chi connectivity index (χ0) is 19.7. The molecule has 142 valence electrons. The number of fused-ring (bicyclic) bond motifs is 1. The third kappa shape index (κ3) is 3.58. The van der Waals surface area contributed by atoms with Gasteiger partial charge in [0, 0.05) is 12.6 Å². The van der Waals surface area contributed by atoms with Crippen molar-refractivity contribution >= 4 is 17.6 Å². The quantitative estimate of drug-likeness (QED) is 0.732. The van der Waals surface area contributed by atoms with Crippen LogP contribution in [0.1, 0.15) is 69.8 Å². The number of carbonyl (C=O) groups is 2. The van der Waals surface area contributed by atoms with Crippen LogP contribution in [0.3, 0.4) is 0 Å². The third-order valence-electron chi connectivity index (χ3n) is 5.08. The Morgan fingerprint density at radius 2 is 1.96 bits per heavy atom. The minimum atomic E-state index is -0.423. The topological polar surface area (TPSA) is 85.1 Å². The van der Waals surface area contributed by atoms with E-state index in [0.29, 0.717) is 30.0 Å². The first-order valence-electron chi connectivity index (χ1n) is 9.35. The summed E-state index contributed by atoms with van der Waals surface area (Å²) in [6, 6.07) is 11.6. The van der Waals surface area contributed by atoms with Crippen LogP contribution in [0, 0.1) is 0 Å². The van der Waals surface area contributed by atoms with E-state index in [0.717, 1.165) is 5.56 Å². The average molecular weight is 375 g/mol. The molecule has 0 spiro atoms. The van der Waals surface area contributed by atoms with Gasteiger partial charge in [-0.05, 0) is 41.5 Å². The van der Waals surface area contributed by atoms with Crippen LogP contribution in [0.15, 0.2) is 53.3 Å². The summed E-state index contributed by atoms with van der Waals surface area (Å²) in [6.45, 7) is 4.32. The average Bonchev–Trinajstić information content (AvgIpc) is 3.23. The second-order valence-electron chi connectivity index (χ2n) is 7.34. The lowest BCUT2D eigenvalue weighted by molar-refractivity contribution is 0.0962. The molecule has 3 aromatic rings. The number of hydrogen-bond donors (Lipinski definition) is 1. The van der Waals surface area contributed by atoms with Crippen molar-refractivity contribution in [2.45, 2.75) is 38.5 Å². The summed E-state index contributed by atoms with van der Waals surface area (Å²) in [6.07, 6.45) is 4.00. The Kier molecular flexibility index (Phi) is 4.77. The van der Waals surface area contributed by atoms with Crippen molar-refractivity contribution < 1.29 is 14.0 Å². The van der Waals surface area contributed by atoms with Crippen LogP contribution in [0.25, 0.3) is 0 Å². The fraction of sp³-hybridized carbons (Fsp3) is 0.273. The van der Waals surface area contributed by atoms with Gasteiger partial charge in [-0.25, -0.2) is 9.97 Å². The fourth-order valence-electron chi connectivity index (χ4n) is 3.46. The molecule has 6 heteroatoms. The Labute approximate surface area is 163 Å². The molecule has 1 aromatic carbocycles. The fourth-order valence-corrected chi connectivity index (χ4v) is 3.46. The van der Waals surface area contributed by atoms with E-state index in [1.54, 1.807) is 12.1 Å². The molecule has 1 aliphatic carbocycles. The van der Waals surface area contributed by atoms with Gasteiger partial charge >= 0.3 is 0 Å². The normalized spacial score (nSPS) is 16.1. The van der Waals surface area contributed by atoms with Crippen molar-refractivity contribution in [1.29, 1.82) is 0 Å². The number of carbonyl (C=O) groups excluding carboxylic acids is 2. The van der Waals surface area contributed by atoms with E-state index in [-0.39, 0.29) is 23.4 Å². The van der Waals surface area contributed by atoms with Crippen molar-refractivity contribution in [3.8, 4) is 0 Å². The SMILES string of the molecule is CC(C)c1ccc([C@H]2CC(=O)c3cnc(NC(=O)c4ccco4)nc3C2)cc1. The number of Topliss-reactive ketones (excluding diaryl/α,β-unsaturated/α-hetero) is 1. The Balaban J connectivity index is 1.56. The maximum Gasteiger partial charge on any atom is 0.293 e. The van der Waals surface area contributed by atoms with Crippen LogP contribution in [0.5, 0.6) is 0 Å². The van der Waals surface area contributed by atoms with E-state index in [1.165, 1.54) is 18.0 Å². The van der Waals surface area contributed by atoms with Crippen LogP contribution >= 0.6 is 0 Å². The molecular weight excluding hydrogens is 354 g/mol. The molecule has 1 N–H and O–H groups in total. The van der Waals surface area contributed by atoms with E-state index < -0.39 is 5.91 Å². The van der Waals surface area contributed by atoms with Gasteiger partial charge in [-0.1, -0.05) is 38.1 Å². The summed E-state index contributed by atoms with van der Waals surface area (Å²) >= 11 is 0. The highest BCUT2D eigenvalue weighted by Gasteiger charge is 2.28. The molecule has 0 bridgehead atoms. The Hall–Kier alpha value is -3.28. The van der Waals surface area contributed by atoms with Gasteiger partial charge in [-0.2, -0.15) is 0 Å². The van der Waals surface area contributed by atoms with Crippen molar-refractivity contribution in [3.05, 3.63) is 77.0 Å². The Morgan fingerprint density at radius 3 is 2.64 bits per heavy atom. The van der Waals surface area contributed by atoms with Crippen LogP contribution in [-0.2, 0) is 6.42 Å². The molecule has 0 fully saturated rings. The number of furan rings is 1. The Bertz CT molecular complexity index is 1010. The van der Waals surface area contributed by atoms with Crippen molar-refractivity contribution in [1.82, 2.24) is 9.97 Å². The van der Waals surface area contributed by atoms with Crippen LogP contribution in [0.4, 0.5) is 5.95 Å². The molecule has 4 rings (SSSR count). The van der Waals surface area contributed by atoms with Crippen LogP contribution < -0.4 is 5.32 Å². The monoisotopic (exact) mass is 375 g/mol. The molecule has 6 nitrogen and oxygen atoms in total. The molecule has 1 aliphatic rings. The Morgan fingerprint density at radius 1 is 1.18 bits per heavy atom. The zero-order valence-corrected chi connectivity index (χ0v) is 15.8. The number of ketones is 1. The van der Waals surface area contributed by atoms with E-state index in [1.807, 2.05) is 0 Å². The second kappa shape index (κ2) is 7.38. The first-order chi connectivity index (χ1) is 13.5. The highest BCUT2D eigenvalue weighted by molar-refractivity contribution is 6.02. The third-order valence-corrected chi connectivity index (χ3v) is 5.08. The molecule has 0 aliphatic heterocycles. The van der Waals surface area contributed by atoms with Gasteiger partial charge in [0.1, 0.15) is 0 Å². The van der Waals surface area contributed by atoms with Crippen molar-refractivity contribution in [2.75, 3.05) is 5.32 Å². The number of anilines is 1. The standard InChI is InChI=1S/C22H21N3O3/c1-13(2)14-5-7-15(8-6-14)16-10-18-17(19(26)11-16)12-23-22(24-18)25-21(27)20-4-3-9-28-20/h3-9,12-13,16H,10-11H2,1-2H3,(H,23,24,25,27)/t16-/m1/s1. The number of amides is 1. The van der Waals surface area contributed by atoms with Gasteiger partial charge in [-0.3, -0.25) is 14.9 Å². The minimum Gasteiger partial charge on any atom is -0.459 e. The second-order valence-corrected chi connectivity index (χ2v) is 7.34. The van der Waals surface area contributed by atoms with Gasteiger partial charge in [-0.15, -0.1) is 0 Å². The molecule has 0 saturated carbocycles. The maximum absolute atomic E-state index is 12.6. The highest BCUT2D eigenvalue weighted by atomic mass is 16.3. The van der Waals surface area contributed by atoms with Gasteiger partial charge in [0.2, 0.25) is 5.95 Å². The van der Waals surface area contributed by atoms with Gasteiger partial charge in [0.25, 0.3) is 5.91 Å². The summed E-state index contributed by atoms with van der Waals surface area (Å²) in [5, 5.41) is 2.62. The van der Waals surface area contributed by atoms with Crippen LogP contribution in [-0.4, -0.2) is 21.7 Å². The molecular formula is C22H21N3O3.